The molecule has 88 heavy (non-hydrogen) atoms. The van der Waals surface area contributed by atoms with Crippen LogP contribution in [0.4, 0.5) is 34.1 Å². The molecule has 4 aromatic heterocycles. The van der Waals surface area contributed by atoms with Gasteiger partial charge in [0.15, 0.2) is 0 Å². The fraction of sp³-hybridized carbons (Fsp3) is 0.195. The van der Waals surface area contributed by atoms with Gasteiger partial charge in [0.2, 0.25) is 0 Å². The molecule has 15 rings (SSSR count). The lowest BCUT2D eigenvalue weighted by Crippen LogP contribution is -2.13. The highest BCUT2D eigenvalue weighted by molar-refractivity contribution is 7.27. The van der Waals surface area contributed by atoms with Crippen LogP contribution in [0.25, 0.3) is 95.3 Å². The number of thiophene rings is 2. The minimum Gasteiger partial charge on any atom is -0.310 e. The summed E-state index contributed by atoms with van der Waals surface area (Å²) in [5.41, 5.74) is 19.4. The first-order valence-electron chi connectivity index (χ1n) is 31.0. The van der Waals surface area contributed by atoms with E-state index in [9.17, 15) is 0 Å². The van der Waals surface area contributed by atoms with E-state index in [1.807, 2.05) is 22.7 Å². The summed E-state index contributed by atoms with van der Waals surface area (Å²) < 4.78 is 10.0. The van der Waals surface area contributed by atoms with E-state index in [0.717, 1.165) is 34.1 Å². The van der Waals surface area contributed by atoms with Gasteiger partial charge in [-0.25, -0.2) is 0 Å². The molecule has 0 aliphatic carbocycles. The molecular weight excluding hydrogens is 1110 g/mol. The van der Waals surface area contributed by atoms with Crippen molar-refractivity contribution < 1.29 is 0 Å². The summed E-state index contributed by atoms with van der Waals surface area (Å²) in [5.74, 6) is 0. The van der Waals surface area contributed by atoms with Gasteiger partial charge in [0.25, 0.3) is 0 Å². The van der Waals surface area contributed by atoms with E-state index < -0.39 is 0 Å². The third kappa shape index (κ3) is 9.46. The van der Waals surface area contributed by atoms with Crippen LogP contribution in [0.1, 0.15) is 105 Å². The predicted octanol–water partition coefficient (Wildman–Crippen LogP) is 24.7. The smallest absolute Gasteiger partial charge is 0.0542 e. The summed E-state index contributed by atoms with van der Waals surface area (Å²) in [7, 11) is 0. The maximum Gasteiger partial charge on any atom is 0.0542 e. The molecule has 0 saturated carbocycles. The SMILES string of the molecule is CC(C)(C)c1ccc(N(c2ccc3sc4cc5c(cc4c3c2)sc2ccc(N(c3ccc(C(C)(C)C)cc3)c3ccc4c(c3)c3ccccc3n4-c3ccc(C(C)(C)C)cc3)cc25)c2ccc3c(c2)c2ccccc2n3-c2ccc(C(C)(C)C)cc2)cc1. The number of para-hydroxylation sites is 2. The monoisotopic (exact) mass is 1180 g/mol. The molecular formula is C82H74N4S2. The van der Waals surface area contributed by atoms with E-state index in [0.29, 0.717) is 0 Å². The van der Waals surface area contributed by atoms with Gasteiger partial charge >= 0.3 is 0 Å². The Labute approximate surface area is 525 Å². The highest BCUT2D eigenvalue weighted by atomic mass is 32.1. The van der Waals surface area contributed by atoms with E-state index in [1.54, 1.807) is 0 Å². The Hall–Kier alpha value is -8.94. The first-order chi connectivity index (χ1) is 42.1. The van der Waals surface area contributed by atoms with Crippen molar-refractivity contribution in [1.29, 1.82) is 0 Å². The van der Waals surface area contributed by atoms with Gasteiger partial charge in [0, 0.05) is 107 Å². The van der Waals surface area contributed by atoms with Crippen molar-refractivity contribution in [1.82, 2.24) is 9.13 Å². The van der Waals surface area contributed by atoms with Gasteiger partial charge in [0.1, 0.15) is 0 Å². The third-order valence-corrected chi connectivity index (χ3v) is 20.6. The minimum atomic E-state index is 0.0277. The van der Waals surface area contributed by atoms with Crippen LogP contribution in [0.15, 0.2) is 231 Å². The van der Waals surface area contributed by atoms with Crippen molar-refractivity contribution in [3.8, 4) is 11.4 Å². The lowest BCUT2D eigenvalue weighted by molar-refractivity contribution is 0.590. The average Bonchev–Trinajstić information content (AvgIpc) is 1.86. The highest BCUT2D eigenvalue weighted by Crippen LogP contribution is 2.48. The van der Waals surface area contributed by atoms with E-state index in [-0.39, 0.29) is 21.7 Å². The maximum atomic E-state index is 2.47. The third-order valence-electron chi connectivity index (χ3n) is 18.3. The zero-order valence-corrected chi connectivity index (χ0v) is 54.2. The number of anilines is 6. The van der Waals surface area contributed by atoms with Crippen molar-refractivity contribution in [3.05, 3.63) is 253 Å². The predicted molar refractivity (Wildman–Crippen MR) is 385 cm³/mol. The molecule has 0 atom stereocenters. The molecule has 0 fully saturated rings. The Bertz CT molecular complexity index is 4880. The van der Waals surface area contributed by atoms with Crippen LogP contribution in [0.5, 0.6) is 0 Å². The number of nitrogens with zero attached hydrogens (tertiary/aromatic N) is 4. The molecule has 4 nitrogen and oxygen atoms in total. The van der Waals surface area contributed by atoms with Gasteiger partial charge in [0.05, 0.1) is 22.1 Å². The molecule has 434 valence electrons. The number of hydrogen-bond donors (Lipinski definition) is 0. The van der Waals surface area contributed by atoms with Crippen molar-refractivity contribution in [3.63, 3.8) is 0 Å². The summed E-state index contributed by atoms with van der Waals surface area (Å²) in [4.78, 5) is 4.92. The molecule has 0 radical (unpaired) electrons. The van der Waals surface area contributed by atoms with Crippen LogP contribution in [0.3, 0.4) is 0 Å². The maximum absolute atomic E-state index is 2.47. The van der Waals surface area contributed by atoms with Crippen molar-refractivity contribution in [2.45, 2.75) is 105 Å². The zero-order valence-electron chi connectivity index (χ0n) is 52.5. The molecule has 0 unspecified atom stereocenters. The van der Waals surface area contributed by atoms with Gasteiger partial charge in [-0.15, -0.1) is 22.7 Å². The average molecular weight is 1180 g/mol. The zero-order chi connectivity index (χ0) is 60.8. The Kier molecular flexibility index (Phi) is 12.8. The van der Waals surface area contributed by atoms with Crippen molar-refractivity contribution in [2.75, 3.05) is 9.80 Å². The quantitative estimate of drug-likeness (QED) is 0.151. The van der Waals surface area contributed by atoms with Crippen LogP contribution < -0.4 is 9.80 Å². The molecule has 0 aliphatic rings. The molecule has 0 spiro atoms. The number of hydrogen-bond acceptors (Lipinski definition) is 4. The summed E-state index contributed by atoms with van der Waals surface area (Å²) in [5, 5.41) is 10.1. The Morgan fingerprint density at radius 3 is 0.852 bits per heavy atom. The topological polar surface area (TPSA) is 16.3 Å². The summed E-state index contributed by atoms with van der Waals surface area (Å²) in [6.45, 7) is 27.4. The van der Waals surface area contributed by atoms with Gasteiger partial charge in [-0.2, -0.15) is 0 Å². The van der Waals surface area contributed by atoms with Crippen LogP contribution >= 0.6 is 22.7 Å². The fourth-order valence-corrected chi connectivity index (χ4v) is 15.6. The minimum absolute atomic E-state index is 0.0277. The van der Waals surface area contributed by atoms with Crippen LogP contribution in [-0.4, -0.2) is 9.13 Å². The molecule has 15 aromatic rings. The second kappa shape index (κ2) is 20.3. The molecule has 6 heteroatoms. The number of aromatic nitrogens is 2. The standard InChI is InChI=1S/C82H74N4S2/c1-79(2,3)51-21-29-55(30-22-51)83(59-37-41-73-65(45-59)63-17-13-15-19-71(63)85(73)57-33-25-53(26-34-57)81(7,8)9)61-39-43-75-67(47-61)69-49-78-70(50-77(69)87-75)68-48-62(40-44-76(68)88-78)84(56-31-23-52(24-32-56)80(4,5)6)60-38-42-74-66(46-60)64-18-14-16-20-72(64)86(74)58-35-27-54(28-36-58)82(10,11)12/h13-50H,1-12H3. The van der Waals surface area contributed by atoms with Crippen LogP contribution in [0.2, 0.25) is 0 Å². The van der Waals surface area contributed by atoms with Gasteiger partial charge in [-0.1, -0.05) is 168 Å². The lowest BCUT2D eigenvalue weighted by atomic mass is 9.87. The van der Waals surface area contributed by atoms with Gasteiger partial charge < -0.3 is 18.9 Å². The van der Waals surface area contributed by atoms with Crippen molar-refractivity contribution >= 4 is 141 Å². The van der Waals surface area contributed by atoms with E-state index in [1.165, 1.54) is 118 Å². The number of benzene rings is 11. The lowest BCUT2D eigenvalue weighted by Gasteiger charge is -2.27. The number of fused-ring (bicyclic) bond motifs is 12. The highest BCUT2D eigenvalue weighted by Gasteiger charge is 2.25. The first kappa shape index (κ1) is 55.6. The Morgan fingerprint density at radius 1 is 0.239 bits per heavy atom. The van der Waals surface area contributed by atoms with E-state index in [4.69, 9.17) is 0 Å². The summed E-state index contributed by atoms with van der Waals surface area (Å²) >= 11 is 3.79. The second-order valence-electron chi connectivity index (χ2n) is 28.4. The van der Waals surface area contributed by atoms with Gasteiger partial charge in [-0.3, -0.25) is 0 Å². The molecule has 0 bridgehead atoms. The first-order valence-corrected chi connectivity index (χ1v) is 32.7. The largest absolute Gasteiger partial charge is 0.310 e. The summed E-state index contributed by atoms with van der Waals surface area (Å²) in [6.07, 6.45) is 0. The molecule has 0 saturated heterocycles. The Morgan fingerprint density at radius 2 is 0.511 bits per heavy atom. The van der Waals surface area contributed by atoms with Crippen LogP contribution in [0, 0.1) is 0 Å². The molecule has 0 N–H and O–H groups in total. The van der Waals surface area contributed by atoms with Gasteiger partial charge in [-0.05, 0) is 190 Å². The molecule has 0 aliphatic heterocycles. The molecule has 11 aromatic carbocycles. The van der Waals surface area contributed by atoms with Crippen LogP contribution in [-0.2, 0) is 21.7 Å². The second-order valence-corrected chi connectivity index (χ2v) is 30.5. The Balaban J connectivity index is 0.850. The molecule has 0 amide bonds. The van der Waals surface area contributed by atoms with Crippen molar-refractivity contribution in [2.24, 2.45) is 0 Å². The number of rotatable bonds is 8. The summed E-state index contributed by atoms with van der Waals surface area (Å²) in [6, 6.07) is 87.8. The van der Waals surface area contributed by atoms with E-state index >= 15 is 0 Å². The normalized spacial score (nSPS) is 12.8. The fourth-order valence-electron chi connectivity index (χ4n) is 13.4. The molecule has 4 heterocycles. The van der Waals surface area contributed by atoms with E-state index in [2.05, 4.69) is 333 Å².